The van der Waals surface area contributed by atoms with Crippen molar-refractivity contribution in [3.8, 4) is 0 Å². The molecule has 6 heteroatoms. The number of carbonyl (C=O) groups excluding carboxylic acids is 1. The zero-order chi connectivity index (χ0) is 16.4. The average molecular weight is 304 g/mol. The first kappa shape index (κ1) is 17.0. The van der Waals surface area contributed by atoms with E-state index >= 15 is 0 Å². The van der Waals surface area contributed by atoms with Gasteiger partial charge < -0.3 is 14.6 Å². The molecule has 120 valence electrons. The summed E-state index contributed by atoms with van der Waals surface area (Å²) in [5.74, 6) is 0.0549. The van der Waals surface area contributed by atoms with Crippen molar-refractivity contribution >= 4 is 18.5 Å². The second kappa shape index (κ2) is 6.38. The van der Waals surface area contributed by atoms with Crippen molar-refractivity contribution in [1.29, 1.82) is 0 Å². The molecular formula is C16H25BN2O3. The molecule has 0 unspecified atom stereocenters. The molecule has 1 amide bonds. The SMILES string of the molecule is CCNC(=O)CCc1ccc(B2OC(C)(C)C(C)(C)O2)cn1. The highest BCUT2D eigenvalue weighted by atomic mass is 16.7. The monoisotopic (exact) mass is 304 g/mol. The number of amides is 1. The summed E-state index contributed by atoms with van der Waals surface area (Å²) in [4.78, 5) is 15.9. The summed E-state index contributed by atoms with van der Waals surface area (Å²) in [7, 11) is -0.394. The summed E-state index contributed by atoms with van der Waals surface area (Å²) in [5, 5.41) is 2.78. The Morgan fingerprint density at radius 3 is 2.36 bits per heavy atom. The molecule has 1 N–H and O–H groups in total. The van der Waals surface area contributed by atoms with E-state index < -0.39 is 7.12 Å². The zero-order valence-electron chi connectivity index (χ0n) is 14.1. The van der Waals surface area contributed by atoms with Crippen molar-refractivity contribution < 1.29 is 14.1 Å². The van der Waals surface area contributed by atoms with Gasteiger partial charge in [-0.05, 0) is 47.1 Å². The van der Waals surface area contributed by atoms with E-state index in [0.717, 1.165) is 11.2 Å². The van der Waals surface area contributed by atoms with Crippen LogP contribution in [0.2, 0.25) is 0 Å². The standard InChI is InChI=1S/C16H25BN2O3/c1-6-18-14(20)10-9-13-8-7-12(11-19-13)17-21-15(2,3)16(4,5)22-17/h7-8,11H,6,9-10H2,1-5H3,(H,18,20). The van der Waals surface area contributed by atoms with Crippen LogP contribution < -0.4 is 10.8 Å². The van der Waals surface area contributed by atoms with Gasteiger partial charge in [0.15, 0.2) is 0 Å². The van der Waals surface area contributed by atoms with E-state index in [1.165, 1.54) is 0 Å². The number of hydrogen-bond donors (Lipinski definition) is 1. The van der Waals surface area contributed by atoms with Gasteiger partial charge in [0.2, 0.25) is 5.91 Å². The van der Waals surface area contributed by atoms with Gasteiger partial charge in [-0.2, -0.15) is 0 Å². The van der Waals surface area contributed by atoms with Crippen LogP contribution in [0, 0.1) is 0 Å². The molecule has 0 radical (unpaired) electrons. The largest absolute Gasteiger partial charge is 0.496 e. The van der Waals surface area contributed by atoms with Gasteiger partial charge in [-0.15, -0.1) is 0 Å². The molecule has 0 saturated carbocycles. The summed E-state index contributed by atoms with van der Waals surface area (Å²) < 4.78 is 12.0. The summed E-state index contributed by atoms with van der Waals surface area (Å²) in [6, 6.07) is 3.89. The fourth-order valence-electron chi connectivity index (χ4n) is 2.23. The topological polar surface area (TPSA) is 60.5 Å². The first-order valence-corrected chi connectivity index (χ1v) is 7.82. The number of carbonyl (C=O) groups is 1. The maximum absolute atomic E-state index is 11.5. The molecule has 1 aromatic rings. The Kier molecular flexibility index (Phi) is 4.92. The van der Waals surface area contributed by atoms with Crippen molar-refractivity contribution in [3.05, 3.63) is 24.0 Å². The van der Waals surface area contributed by atoms with Crippen molar-refractivity contribution in [2.75, 3.05) is 6.54 Å². The fourth-order valence-corrected chi connectivity index (χ4v) is 2.23. The van der Waals surface area contributed by atoms with Crippen LogP contribution in [0.1, 0.15) is 46.7 Å². The average Bonchev–Trinajstić information content (AvgIpc) is 2.66. The van der Waals surface area contributed by atoms with E-state index in [1.807, 2.05) is 46.8 Å². The minimum absolute atomic E-state index is 0.0549. The smallest absolute Gasteiger partial charge is 0.399 e. The maximum Gasteiger partial charge on any atom is 0.496 e. The zero-order valence-corrected chi connectivity index (χ0v) is 14.1. The molecule has 1 aliphatic rings. The van der Waals surface area contributed by atoms with Gasteiger partial charge >= 0.3 is 7.12 Å². The quantitative estimate of drug-likeness (QED) is 0.837. The van der Waals surface area contributed by atoms with Gasteiger partial charge in [0.05, 0.1) is 11.2 Å². The molecule has 1 aromatic heterocycles. The van der Waals surface area contributed by atoms with Gasteiger partial charge in [-0.3, -0.25) is 9.78 Å². The molecule has 2 rings (SSSR count). The summed E-state index contributed by atoms with van der Waals surface area (Å²) >= 11 is 0. The molecule has 5 nitrogen and oxygen atoms in total. The van der Waals surface area contributed by atoms with Gasteiger partial charge in [-0.1, -0.05) is 6.07 Å². The van der Waals surface area contributed by atoms with E-state index in [-0.39, 0.29) is 17.1 Å². The highest BCUT2D eigenvalue weighted by Crippen LogP contribution is 2.36. The lowest BCUT2D eigenvalue weighted by Crippen LogP contribution is -2.41. The summed E-state index contributed by atoms with van der Waals surface area (Å²) in [6.07, 6.45) is 2.86. The third-order valence-electron chi connectivity index (χ3n) is 4.36. The molecule has 0 aromatic carbocycles. The van der Waals surface area contributed by atoms with Crippen LogP contribution in [0.25, 0.3) is 0 Å². The molecule has 1 saturated heterocycles. The Morgan fingerprint density at radius 1 is 1.23 bits per heavy atom. The second-order valence-corrected chi connectivity index (χ2v) is 6.62. The van der Waals surface area contributed by atoms with Crippen LogP contribution >= 0.6 is 0 Å². The number of aryl methyl sites for hydroxylation is 1. The second-order valence-electron chi connectivity index (χ2n) is 6.62. The van der Waals surface area contributed by atoms with Crippen LogP contribution in [0.5, 0.6) is 0 Å². The lowest BCUT2D eigenvalue weighted by atomic mass is 9.80. The first-order valence-electron chi connectivity index (χ1n) is 7.82. The summed E-state index contributed by atoms with van der Waals surface area (Å²) in [5.41, 5.74) is 1.09. The van der Waals surface area contributed by atoms with E-state index in [2.05, 4.69) is 10.3 Å². The van der Waals surface area contributed by atoms with Gasteiger partial charge in [-0.25, -0.2) is 0 Å². The molecule has 0 atom stereocenters. The van der Waals surface area contributed by atoms with E-state index in [4.69, 9.17) is 9.31 Å². The molecule has 2 heterocycles. The molecule has 1 fully saturated rings. The molecule has 0 spiro atoms. The number of aromatic nitrogens is 1. The van der Waals surface area contributed by atoms with E-state index in [1.54, 1.807) is 6.20 Å². The van der Waals surface area contributed by atoms with Gasteiger partial charge in [0, 0.05) is 30.3 Å². The van der Waals surface area contributed by atoms with Crippen molar-refractivity contribution in [2.24, 2.45) is 0 Å². The van der Waals surface area contributed by atoms with Crippen LogP contribution in [0.3, 0.4) is 0 Å². The molecule has 0 aliphatic carbocycles. The van der Waals surface area contributed by atoms with Crippen LogP contribution in [-0.2, 0) is 20.5 Å². The first-order chi connectivity index (χ1) is 10.2. The van der Waals surface area contributed by atoms with Gasteiger partial charge in [0.1, 0.15) is 0 Å². The summed E-state index contributed by atoms with van der Waals surface area (Å²) in [6.45, 7) is 10.7. The Balaban J connectivity index is 1.97. The lowest BCUT2D eigenvalue weighted by molar-refractivity contribution is -0.120. The molecular weight excluding hydrogens is 279 g/mol. The van der Waals surface area contributed by atoms with E-state index in [9.17, 15) is 4.79 Å². The van der Waals surface area contributed by atoms with Crippen LogP contribution in [-0.4, -0.2) is 35.8 Å². The number of pyridine rings is 1. The Hall–Kier alpha value is -1.40. The highest BCUT2D eigenvalue weighted by molar-refractivity contribution is 6.62. The predicted molar refractivity (Wildman–Crippen MR) is 87.0 cm³/mol. The third-order valence-corrected chi connectivity index (χ3v) is 4.36. The normalized spacial score (nSPS) is 19.2. The van der Waals surface area contributed by atoms with E-state index in [0.29, 0.717) is 19.4 Å². The number of hydrogen-bond acceptors (Lipinski definition) is 4. The van der Waals surface area contributed by atoms with Crippen molar-refractivity contribution in [1.82, 2.24) is 10.3 Å². The number of nitrogens with one attached hydrogen (secondary N) is 1. The van der Waals surface area contributed by atoms with Crippen molar-refractivity contribution in [3.63, 3.8) is 0 Å². The van der Waals surface area contributed by atoms with Crippen LogP contribution in [0.4, 0.5) is 0 Å². The lowest BCUT2D eigenvalue weighted by Gasteiger charge is -2.32. The Morgan fingerprint density at radius 2 is 1.86 bits per heavy atom. The van der Waals surface area contributed by atoms with Crippen LogP contribution in [0.15, 0.2) is 18.3 Å². The Labute approximate surface area is 132 Å². The fraction of sp³-hybridized carbons (Fsp3) is 0.625. The minimum atomic E-state index is -0.394. The molecule has 1 aliphatic heterocycles. The Bertz CT molecular complexity index is 513. The van der Waals surface area contributed by atoms with Crippen molar-refractivity contribution in [2.45, 2.75) is 58.7 Å². The third kappa shape index (κ3) is 3.68. The number of rotatable bonds is 5. The maximum atomic E-state index is 11.5. The molecule has 22 heavy (non-hydrogen) atoms. The minimum Gasteiger partial charge on any atom is -0.399 e. The highest BCUT2D eigenvalue weighted by Gasteiger charge is 2.51. The number of nitrogens with zero attached hydrogens (tertiary/aromatic N) is 1. The van der Waals surface area contributed by atoms with Gasteiger partial charge in [0.25, 0.3) is 0 Å². The molecule has 0 bridgehead atoms. The predicted octanol–water partition coefficient (Wildman–Crippen LogP) is 1.45.